The highest BCUT2D eigenvalue weighted by Crippen LogP contribution is 2.50. The molecule has 3 rings (SSSR count). The van der Waals surface area contributed by atoms with Gasteiger partial charge in [0.25, 0.3) is 0 Å². The van der Waals surface area contributed by atoms with Crippen LogP contribution in [0.4, 0.5) is 5.69 Å². The lowest BCUT2D eigenvalue weighted by Gasteiger charge is -2.37. The molecular formula is C18H20ClNO3S. The Labute approximate surface area is 147 Å². The van der Waals surface area contributed by atoms with Crippen LogP contribution in [0.25, 0.3) is 0 Å². The van der Waals surface area contributed by atoms with Gasteiger partial charge < -0.3 is 4.74 Å². The van der Waals surface area contributed by atoms with Crippen molar-refractivity contribution < 1.29 is 13.2 Å². The highest BCUT2D eigenvalue weighted by atomic mass is 35.5. The fraction of sp³-hybridized carbons (Fsp3) is 0.333. The predicted molar refractivity (Wildman–Crippen MR) is 97.6 cm³/mol. The molecule has 6 heteroatoms. The molecule has 0 atom stereocenters. The second-order valence-corrected chi connectivity index (χ2v) is 8.43. The molecule has 128 valence electrons. The average molecular weight is 366 g/mol. The van der Waals surface area contributed by atoms with Crippen LogP contribution in [0.2, 0.25) is 5.02 Å². The lowest BCUT2D eigenvalue weighted by molar-refractivity contribution is 0.333. The van der Waals surface area contributed by atoms with Crippen LogP contribution in [0.5, 0.6) is 5.75 Å². The number of anilines is 1. The van der Waals surface area contributed by atoms with Gasteiger partial charge in [-0.1, -0.05) is 23.7 Å². The zero-order valence-corrected chi connectivity index (χ0v) is 15.2. The zero-order chi connectivity index (χ0) is 17.3. The summed E-state index contributed by atoms with van der Waals surface area (Å²) in [6.45, 7) is 0. The van der Waals surface area contributed by atoms with Gasteiger partial charge in [-0.05, 0) is 66.1 Å². The van der Waals surface area contributed by atoms with Gasteiger partial charge in [-0.25, -0.2) is 8.42 Å². The number of hydrogen-bond acceptors (Lipinski definition) is 3. The Morgan fingerprint density at radius 1 is 1.08 bits per heavy atom. The molecule has 0 radical (unpaired) electrons. The summed E-state index contributed by atoms with van der Waals surface area (Å²) in [5.74, 6) is 1.67. The molecule has 24 heavy (non-hydrogen) atoms. The first-order chi connectivity index (χ1) is 11.4. The van der Waals surface area contributed by atoms with Crippen LogP contribution in [0.1, 0.15) is 35.8 Å². The van der Waals surface area contributed by atoms with E-state index in [2.05, 4.69) is 16.9 Å². The Balaban J connectivity index is 1.77. The molecule has 1 aliphatic carbocycles. The van der Waals surface area contributed by atoms with Gasteiger partial charge in [0.15, 0.2) is 0 Å². The molecule has 0 spiro atoms. The molecule has 0 bridgehead atoms. The summed E-state index contributed by atoms with van der Waals surface area (Å²) in [7, 11) is -1.65. The number of rotatable bonds is 5. The van der Waals surface area contributed by atoms with Crippen LogP contribution in [-0.2, 0) is 10.0 Å². The minimum absolute atomic E-state index is 0.363. The third-order valence-corrected chi connectivity index (χ3v) is 5.31. The second-order valence-electron chi connectivity index (χ2n) is 6.25. The maximum Gasteiger partial charge on any atom is 0.229 e. The maximum absolute atomic E-state index is 11.4. The summed E-state index contributed by atoms with van der Waals surface area (Å²) in [5.41, 5.74) is 2.92. The standard InChI is InChI=1S/C18H20ClNO3S/c1-23-18-8-7-16(20-24(2,21)22)11-17(18)14-9-13(10-14)12-3-5-15(19)6-4-12/h3-8,11,13-14,20H,9-10H2,1-2H3. The fourth-order valence-electron chi connectivity index (χ4n) is 3.21. The Hall–Kier alpha value is -1.72. The molecule has 1 aliphatic rings. The van der Waals surface area contributed by atoms with E-state index in [1.807, 2.05) is 24.3 Å². The molecule has 2 aromatic carbocycles. The van der Waals surface area contributed by atoms with Gasteiger partial charge in [-0.3, -0.25) is 4.72 Å². The number of hydrogen-bond donors (Lipinski definition) is 1. The molecule has 0 amide bonds. The van der Waals surface area contributed by atoms with Crippen LogP contribution in [-0.4, -0.2) is 21.8 Å². The van der Waals surface area contributed by atoms with Crippen molar-refractivity contribution in [2.24, 2.45) is 0 Å². The smallest absolute Gasteiger partial charge is 0.229 e. The van der Waals surface area contributed by atoms with Crippen LogP contribution >= 0.6 is 11.6 Å². The third-order valence-electron chi connectivity index (χ3n) is 4.45. The van der Waals surface area contributed by atoms with Gasteiger partial charge in [-0.2, -0.15) is 0 Å². The van der Waals surface area contributed by atoms with Crippen molar-refractivity contribution in [2.45, 2.75) is 24.7 Å². The molecular weight excluding hydrogens is 346 g/mol. The first kappa shape index (κ1) is 17.1. The zero-order valence-electron chi connectivity index (χ0n) is 13.6. The van der Waals surface area contributed by atoms with E-state index < -0.39 is 10.0 Å². The molecule has 0 heterocycles. The van der Waals surface area contributed by atoms with Crippen molar-refractivity contribution in [1.82, 2.24) is 0 Å². The van der Waals surface area contributed by atoms with Gasteiger partial charge >= 0.3 is 0 Å². The molecule has 2 aromatic rings. The molecule has 4 nitrogen and oxygen atoms in total. The lowest BCUT2D eigenvalue weighted by atomic mass is 9.68. The number of benzene rings is 2. The molecule has 0 aromatic heterocycles. The molecule has 0 aliphatic heterocycles. The van der Waals surface area contributed by atoms with E-state index in [4.69, 9.17) is 16.3 Å². The molecule has 0 unspecified atom stereocenters. The minimum atomic E-state index is -3.29. The first-order valence-corrected chi connectivity index (χ1v) is 10.0. The predicted octanol–water partition coefficient (Wildman–Crippen LogP) is 4.38. The summed E-state index contributed by atoms with van der Waals surface area (Å²) >= 11 is 5.94. The number of nitrogens with one attached hydrogen (secondary N) is 1. The van der Waals surface area contributed by atoms with Gasteiger partial charge in [-0.15, -0.1) is 0 Å². The Morgan fingerprint density at radius 3 is 2.33 bits per heavy atom. The second kappa shape index (κ2) is 6.65. The van der Waals surface area contributed by atoms with E-state index in [1.54, 1.807) is 13.2 Å². The van der Waals surface area contributed by atoms with Crippen LogP contribution in [0.15, 0.2) is 42.5 Å². The Bertz CT molecular complexity index is 828. The number of methoxy groups -OCH3 is 1. The van der Waals surface area contributed by atoms with Gasteiger partial charge in [0.1, 0.15) is 5.75 Å². The van der Waals surface area contributed by atoms with Crippen LogP contribution in [0, 0.1) is 0 Å². The van der Waals surface area contributed by atoms with Crippen molar-refractivity contribution in [3.63, 3.8) is 0 Å². The summed E-state index contributed by atoms with van der Waals surface area (Å²) in [4.78, 5) is 0. The third kappa shape index (κ3) is 3.84. The van der Waals surface area contributed by atoms with Gasteiger partial charge in [0.2, 0.25) is 10.0 Å². The van der Waals surface area contributed by atoms with Gasteiger partial charge in [0, 0.05) is 10.7 Å². The van der Waals surface area contributed by atoms with Crippen molar-refractivity contribution in [1.29, 1.82) is 0 Å². The average Bonchev–Trinajstić information content (AvgIpc) is 2.46. The van der Waals surface area contributed by atoms with E-state index in [1.165, 1.54) is 5.56 Å². The number of ether oxygens (including phenoxy) is 1. The lowest BCUT2D eigenvalue weighted by Crippen LogP contribution is -2.21. The SMILES string of the molecule is COc1ccc(NS(C)(=O)=O)cc1C1CC(c2ccc(Cl)cc2)C1. The van der Waals surface area contributed by atoms with E-state index >= 15 is 0 Å². The highest BCUT2D eigenvalue weighted by Gasteiger charge is 2.33. The summed E-state index contributed by atoms with van der Waals surface area (Å²) in [6.07, 6.45) is 3.18. The number of sulfonamides is 1. The van der Waals surface area contributed by atoms with Crippen molar-refractivity contribution >= 4 is 27.3 Å². The van der Waals surface area contributed by atoms with Crippen LogP contribution in [0.3, 0.4) is 0 Å². The molecule has 1 saturated carbocycles. The monoisotopic (exact) mass is 365 g/mol. The van der Waals surface area contributed by atoms with Crippen LogP contribution < -0.4 is 9.46 Å². The van der Waals surface area contributed by atoms with Gasteiger partial charge in [0.05, 0.1) is 13.4 Å². The molecule has 1 fully saturated rings. The molecule has 1 N–H and O–H groups in total. The normalized spacial score (nSPS) is 20.3. The summed E-state index contributed by atoms with van der Waals surface area (Å²) in [5, 5.41) is 0.746. The van der Waals surface area contributed by atoms with Crippen molar-refractivity contribution in [3.05, 3.63) is 58.6 Å². The first-order valence-electron chi connectivity index (χ1n) is 7.77. The van der Waals surface area contributed by atoms with E-state index in [9.17, 15) is 8.42 Å². The Kier molecular flexibility index (Phi) is 4.74. The van der Waals surface area contributed by atoms with E-state index in [0.717, 1.165) is 35.4 Å². The summed E-state index contributed by atoms with van der Waals surface area (Å²) < 4.78 is 30.8. The minimum Gasteiger partial charge on any atom is -0.496 e. The largest absolute Gasteiger partial charge is 0.496 e. The number of halogens is 1. The van der Waals surface area contributed by atoms with E-state index in [-0.39, 0.29) is 0 Å². The quantitative estimate of drug-likeness (QED) is 0.855. The van der Waals surface area contributed by atoms with Crippen molar-refractivity contribution in [3.8, 4) is 5.75 Å². The topological polar surface area (TPSA) is 55.4 Å². The molecule has 0 saturated heterocycles. The highest BCUT2D eigenvalue weighted by molar-refractivity contribution is 7.92. The summed E-state index contributed by atoms with van der Waals surface area (Å²) in [6, 6.07) is 13.4. The maximum atomic E-state index is 11.4. The Morgan fingerprint density at radius 2 is 1.75 bits per heavy atom. The van der Waals surface area contributed by atoms with Crippen molar-refractivity contribution in [2.75, 3.05) is 18.1 Å². The fourth-order valence-corrected chi connectivity index (χ4v) is 3.89. The van der Waals surface area contributed by atoms with E-state index in [0.29, 0.717) is 17.5 Å².